The fourth-order valence-electron chi connectivity index (χ4n) is 1.47. The van der Waals surface area contributed by atoms with Crippen molar-refractivity contribution in [2.45, 2.75) is 45.4 Å². The minimum atomic E-state index is -0.00638. The standard InChI is InChI=1S/C14H18O2/c1-3-4-5-6-7-13(10-12(2)15)14-8-9-16-11-14/h8-9,11,13H,3-5,10H2,1-2H3/t13-/m1/s1. The van der Waals surface area contributed by atoms with Gasteiger partial charge in [-0.3, -0.25) is 4.79 Å². The highest BCUT2D eigenvalue weighted by Gasteiger charge is 2.11. The molecule has 0 aliphatic rings. The number of hydrogen-bond acceptors (Lipinski definition) is 2. The Hall–Kier alpha value is -1.49. The van der Waals surface area contributed by atoms with Crippen LogP contribution in [-0.4, -0.2) is 5.78 Å². The van der Waals surface area contributed by atoms with Gasteiger partial charge in [-0.2, -0.15) is 0 Å². The molecule has 2 nitrogen and oxygen atoms in total. The average molecular weight is 218 g/mol. The lowest BCUT2D eigenvalue weighted by Crippen LogP contribution is -2.01. The molecule has 0 saturated carbocycles. The molecule has 0 saturated heterocycles. The van der Waals surface area contributed by atoms with E-state index in [0.29, 0.717) is 6.42 Å². The number of carbonyl (C=O) groups excluding carboxylic acids is 1. The van der Waals surface area contributed by atoms with Gasteiger partial charge in [-0.15, -0.1) is 5.92 Å². The van der Waals surface area contributed by atoms with Crippen molar-refractivity contribution < 1.29 is 9.21 Å². The van der Waals surface area contributed by atoms with Crippen LogP contribution >= 0.6 is 0 Å². The van der Waals surface area contributed by atoms with Crippen LogP contribution in [0.4, 0.5) is 0 Å². The van der Waals surface area contributed by atoms with Gasteiger partial charge in [0.2, 0.25) is 0 Å². The molecule has 0 bridgehead atoms. The molecule has 1 atom stereocenters. The Morgan fingerprint density at radius 1 is 1.56 bits per heavy atom. The Bertz CT molecular complexity index is 365. The Labute approximate surface area is 97.0 Å². The van der Waals surface area contributed by atoms with E-state index in [1.54, 1.807) is 19.5 Å². The molecule has 1 heterocycles. The number of hydrogen-bond donors (Lipinski definition) is 0. The van der Waals surface area contributed by atoms with Crippen molar-refractivity contribution in [1.82, 2.24) is 0 Å². The van der Waals surface area contributed by atoms with Gasteiger partial charge in [0, 0.05) is 18.4 Å². The van der Waals surface area contributed by atoms with Crippen LogP contribution in [0, 0.1) is 11.8 Å². The van der Waals surface area contributed by atoms with Gasteiger partial charge in [0.05, 0.1) is 18.4 Å². The molecule has 0 unspecified atom stereocenters. The molecule has 0 radical (unpaired) electrons. The van der Waals surface area contributed by atoms with Gasteiger partial charge in [-0.25, -0.2) is 0 Å². The first-order valence-electron chi connectivity index (χ1n) is 5.74. The molecule has 1 aromatic rings. The van der Waals surface area contributed by atoms with E-state index < -0.39 is 0 Å². The largest absolute Gasteiger partial charge is 0.472 e. The summed E-state index contributed by atoms with van der Waals surface area (Å²) in [6.07, 6.45) is 6.93. The van der Waals surface area contributed by atoms with Crippen molar-refractivity contribution >= 4 is 5.78 Å². The van der Waals surface area contributed by atoms with Gasteiger partial charge in [0.15, 0.2) is 0 Å². The highest BCUT2D eigenvalue weighted by atomic mass is 16.3. The predicted molar refractivity (Wildman–Crippen MR) is 64.0 cm³/mol. The van der Waals surface area contributed by atoms with Gasteiger partial charge in [0.1, 0.15) is 5.78 Å². The van der Waals surface area contributed by atoms with E-state index in [0.717, 1.165) is 24.8 Å². The van der Waals surface area contributed by atoms with Crippen LogP contribution in [0.3, 0.4) is 0 Å². The average Bonchev–Trinajstić information content (AvgIpc) is 2.75. The van der Waals surface area contributed by atoms with Gasteiger partial charge >= 0.3 is 0 Å². The van der Waals surface area contributed by atoms with Gasteiger partial charge in [-0.1, -0.05) is 19.3 Å². The van der Waals surface area contributed by atoms with Crippen LogP contribution in [0.25, 0.3) is 0 Å². The van der Waals surface area contributed by atoms with Gasteiger partial charge < -0.3 is 4.42 Å². The number of rotatable bonds is 5. The molecular weight excluding hydrogens is 200 g/mol. The van der Waals surface area contributed by atoms with E-state index in [-0.39, 0.29) is 11.7 Å². The van der Waals surface area contributed by atoms with Crippen molar-refractivity contribution in [3.63, 3.8) is 0 Å². The van der Waals surface area contributed by atoms with Crippen LogP contribution in [0.15, 0.2) is 23.0 Å². The third-order valence-corrected chi connectivity index (χ3v) is 2.37. The van der Waals surface area contributed by atoms with E-state index in [1.807, 2.05) is 6.07 Å². The normalized spacial score (nSPS) is 11.6. The molecule has 1 rings (SSSR count). The lowest BCUT2D eigenvalue weighted by Gasteiger charge is -2.04. The molecule has 0 fully saturated rings. The molecule has 0 aromatic carbocycles. The Kier molecular flexibility index (Phi) is 5.42. The van der Waals surface area contributed by atoms with Crippen molar-refractivity contribution in [3.8, 4) is 11.8 Å². The molecule has 1 aromatic heterocycles. The summed E-state index contributed by atoms with van der Waals surface area (Å²) in [6.45, 7) is 3.74. The Morgan fingerprint density at radius 3 is 2.94 bits per heavy atom. The first-order chi connectivity index (χ1) is 7.74. The number of ketones is 1. The second kappa shape index (κ2) is 6.90. The molecule has 0 spiro atoms. The summed E-state index contributed by atoms with van der Waals surface area (Å²) in [4.78, 5) is 11.1. The number of Topliss-reactive ketones (excluding diaryl/α,β-unsaturated/α-hetero) is 1. The van der Waals surface area contributed by atoms with Gasteiger partial charge in [0.25, 0.3) is 0 Å². The highest BCUT2D eigenvalue weighted by Crippen LogP contribution is 2.19. The number of carbonyl (C=O) groups is 1. The minimum absolute atomic E-state index is 0.00638. The zero-order chi connectivity index (χ0) is 11.8. The summed E-state index contributed by atoms with van der Waals surface area (Å²) in [6, 6.07) is 1.88. The summed E-state index contributed by atoms with van der Waals surface area (Å²) in [7, 11) is 0. The van der Waals surface area contributed by atoms with Crippen LogP contribution in [0.2, 0.25) is 0 Å². The van der Waals surface area contributed by atoms with E-state index in [9.17, 15) is 4.79 Å². The molecule has 0 N–H and O–H groups in total. The maximum atomic E-state index is 11.1. The van der Waals surface area contributed by atoms with Crippen LogP contribution in [0.5, 0.6) is 0 Å². The lowest BCUT2D eigenvalue weighted by atomic mass is 9.97. The van der Waals surface area contributed by atoms with E-state index >= 15 is 0 Å². The monoisotopic (exact) mass is 218 g/mol. The summed E-state index contributed by atoms with van der Waals surface area (Å²) in [5.74, 6) is 6.45. The van der Waals surface area contributed by atoms with Crippen molar-refractivity contribution in [2.75, 3.05) is 0 Å². The third-order valence-electron chi connectivity index (χ3n) is 2.37. The number of furan rings is 1. The molecule has 0 amide bonds. The predicted octanol–water partition coefficient (Wildman–Crippen LogP) is 3.54. The summed E-state index contributed by atoms with van der Waals surface area (Å²) >= 11 is 0. The fourth-order valence-corrected chi connectivity index (χ4v) is 1.47. The quantitative estimate of drug-likeness (QED) is 0.559. The van der Waals surface area contributed by atoms with Gasteiger partial charge in [-0.05, 0) is 19.4 Å². The first kappa shape index (κ1) is 12.6. The summed E-state index contributed by atoms with van der Waals surface area (Å²) in [5.41, 5.74) is 0.999. The Balaban J connectivity index is 2.63. The zero-order valence-electron chi connectivity index (χ0n) is 9.95. The molecule has 16 heavy (non-hydrogen) atoms. The van der Waals surface area contributed by atoms with Crippen LogP contribution < -0.4 is 0 Å². The van der Waals surface area contributed by atoms with Crippen LogP contribution in [-0.2, 0) is 4.79 Å². The lowest BCUT2D eigenvalue weighted by molar-refractivity contribution is -0.117. The molecule has 0 aliphatic heterocycles. The van der Waals surface area contributed by atoms with Crippen molar-refractivity contribution in [3.05, 3.63) is 24.2 Å². The van der Waals surface area contributed by atoms with E-state index in [1.165, 1.54) is 0 Å². The van der Waals surface area contributed by atoms with Crippen LogP contribution in [0.1, 0.15) is 51.0 Å². The summed E-state index contributed by atoms with van der Waals surface area (Å²) < 4.78 is 5.03. The van der Waals surface area contributed by atoms with E-state index in [2.05, 4.69) is 18.8 Å². The second-order valence-electron chi connectivity index (χ2n) is 3.94. The third kappa shape index (κ3) is 4.35. The maximum Gasteiger partial charge on any atom is 0.131 e. The van der Waals surface area contributed by atoms with Crippen molar-refractivity contribution in [2.24, 2.45) is 0 Å². The topological polar surface area (TPSA) is 30.2 Å². The maximum absolute atomic E-state index is 11.1. The minimum Gasteiger partial charge on any atom is -0.472 e. The zero-order valence-corrected chi connectivity index (χ0v) is 9.95. The highest BCUT2D eigenvalue weighted by molar-refractivity contribution is 5.77. The fraction of sp³-hybridized carbons (Fsp3) is 0.500. The van der Waals surface area contributed by atoms with Crippen molar-refractivity contribution in [1.29, 1.82) is 0 Å². The molecule has 2 heteroatoms. The first-order valence-corrected chi connectivity index (χ1v) is 5.74. The summed E-state index contributed by atoms with van der Waals surface area (Å²) in [5, 5.41) is 0. The second-order valence-corrected chi connectivity index (χ2v) is 3.94. The molecule has 86 valence electrons. The smallest absolute Gasteiger partial charge is 0.131 e. The van der Waals surface area contributed by atoms with E-state index in [4.69, 9.17) is 4.42 Å². The molecular formula is C14H18O2. The Morgan fingerprint density at radius 2 is 2.38 bits per heavy atom. The number of unbranched alkanes of at least 4 members (excludes halogenated alkanes) is 2. The molecule has 0 aliphatic carbocycles. The SMILES string of the molecule is CCCCC#C[C@H](CC(C)=O)c1ccoc1.